The van der Waals surface area contributed by atoms with E-state index in [1.165, 1.54) is 22.4 Å². The fraction of sp³-hybridized carbons (Fsp3) is 0.381. The molecule has 138 valence electrons. The van der Waals surface area contributed by atoms with E-state index in [-0.39, 0.29) is 5.91 Å². The number of imidazole rings is 1. The number of fused-ring (bicyclic) bond motifs is 3. The summed E-state index contributed by atoms with van der Waals surface area (Å²) in [4.78, 5) is 25.7. The molecule has 0 radical (unpaired) electrons. The Bertz CT molecular complexity index is 1020. The number of nitrogens with zero attached hydrogens (tertiary/aromatic N) is 5. The first-order valence-electron chi connectivity index (χ1n) is 9.47. The van der Waals surface area contributed by atoms with Gasteiger partial charge in [0.1, 0.15) is 0 Å². The van der Waals surface area contributed by atoms with Crippen LogP contribution in [0.1, 0.15) is 28.8 Å². The third kappa shape index (κ3) is 2.59. The molecule has 1 fully saturated rings. The predicted octanol–water partition coefficient (Wildman–Crippen LogP) is 2.71. The molecule has 27 heavy (non-hydrogen) atoms. The van der Waals surface area contributed by atoms with Gasteiger partial charge < -0.3 is 14.2 Å². The summed E-state index contributed by atoms with van der Waals surface area (Å²) in [6.45, 7) is 7.56. The van der Waals surface area contributed by atoms with E-state index in [1.807, 2.05) is 29.7 Å². The van der Waals surface area contributed by atoms with Gasteiger partial charge in [0.25, 0.3) is 0 Å². The number of hydrogen-bond acceptors (Lipinski definition) is 4. The summed E-state index contributed by atoms with van der Waals surface area (Å²) in [5.74, 6) is 0.691. The number of hydrogen-bond donors (Lipinski definition) is 0. The summed E-state index contributed by atoms with van der Waals surface area (Å²) in [6.07, 6.45) is 8.08. The van der Waals surface area contributed by atoms with Gasteiger partial charge in [0.05, 0.1) is 29.9 Å². The Kier molecular flexibility index (Phi) is 3.67. The molecule has 0 N–H and O–H groups in total. The van der Waals surface area contributed by atoms with Crippen LogP contribution in [0.15, 0.2) is 37.1 Å². The molecule has 3 aromatic rings. The van der Waals surface area contributed by atoms with E-state index in [0.29, 0.717) is 18.9 Å². The number of rotatable bonds is 3. The van der Waals surface area contributed by atoms with Crippen LogP contribution in [0.25, 0.3) is 5.52 Å². The van der Waals surface area contributed by atoms with Crippen LogP contribution in [0.4, 0.5) is 5.69 Å². The van der Waals surface area contributed by atoms with E-state index in [9.17, 15) is 4.79 Å². The van der Waals surface area contributed by atoms with Crippen LogP contribution >= 0.6 is 0 Å². The zero-order valence-corrected chi connectivity index (χ0v) is 15.7. The SMILES string of the molecule is Cc1c2c(c3cncn3c1C)CN(C(=O)CC1CN(c3cccnc3)C1)C2. The molecule has 0 saturated carbocycles. The second-order valence-electron chi connectivity index (χ2n) is 7.75. The molecule has 0 aromatic carbocycles. The first-order chi connectivity index (χ1) is 13.1. The van der Waals surface area contributed by atoms with Gasteiger partial charge in [-0.25, -0.2) is 4.98 Å². The molecule has 3 aromatic heterocycles. The maximum absolute atomic E-state index is 12.9. The molecule has 0 bridgehead atoms. The first kappa shape index (κ1) is 16.3. The smallest absolute Gasteiger partial charge is 0.223 e. The quantitative estimate of drug-likeness (QED) is 0.720. The standard InChI is InChI=1S/C21H23N5O/c1-14-15(2)26-13-23-8-20(26)19-12-25(11-18(14)19)21(27)6-16-9-24(10-16)17-4-3-5-22-7-17/h3-5,7-8,13,16H,6,9-12H2,1-2H3. The van der Waals surface area contributed by atoms with E-state index in [0.717, 1.165) is 30.8 Å². The van der Waals surface area contributed by atoms with Crippen LogP contribution in [0.2, 0.25) is 0 Å². The Labute approximate surface area is 158 Å². The molecule has 1 saturated heterocycles. The van der Waals surface area contributed by atoms with Crippen molar-refractivity contribution >= 4 is 17.1 Å². The lowest BCUT2D eigenvalue weighted by Gasteiger charge is -2.41. The molecule has 0 spiro atoms. The van der Waals surface area contributed by atoms with Gasteiger partial charge in [0, 0.05) is 56.0 Å². The number of pyridine rings is 2. The van der Waals surface area contributed by atoms with E-state index in [4.69, 9.17) is 0 Å². The maximum Gasteiger partial charge on any atom is 0.223 e. The van der Waals surface area contributed by atoms with Crippen molar-refractivity contribution in [2.75, 3.05) is 18.0 Å². The van der Waals surface area contributed by atoms with Gasteiger partial charge >= 0.3 is 0 Å². The second kappa shape index (κ2) is 6.08. The topological polar surface area (TPSA) is 53.7 Å². The highest BCUT2D eigenvalue weighted by atomic mass is 16.2. The molecular weight excluding hydrogens is 338 g/mol. The van der Waals surface area contributed by atoms with Gasteiger partial charge in [-0.2, -0.15) is 0 Å². The zero-order chi connectivity index (χ0) is 18.5. The monoisotopic (exact) mass is 361 g/mol. The molecule has 5 rings (SSSR count). The van der Waals surface area contributed by atoms with Gasteiger partial charge in [-0.1, -0.05) is 0 Å². The number of anilines is 1. The van der Waals surface area contributed by atoms with E-state index in [2.05, 4.69) is 39.2 Å². The minimum absolute atomic E-state index is 0.261. The highest BCUT2D eigenvalue weighted by Gasteiger charge is 2.33. The zero-order valence-electron chi connectivity index (χ0n) is 15.7. The van der Waals surface area contributed by atoms with Gasteiger partial charge in [-0.15, -0.1) is 0 Å². The number of carbonyl (C=O) groups is 1. The molecule has 0 unspecified atom stereocenters. The highest BCUT2D eigenvalue weighted by Crippen LogP contribution is 2.33. The van der Waals surface area contributed by atoms with E-state index >= 15 is 0 Å². The summed E-state index contributed by atoms with van der Waals surface area (Å²) >= 11 is 0. The number of aromatic nitrogens is 3. The van der Waals surface area contributed by atoms with Crippen LogP contribution in [0.5, 0.6) is 0 Å². The average molecular weight is 361 g/mol. The summed E-state index contributed by atoms with van der Waals surface area (Å²) in [5.41, 5.74) is 7.33. The van der Waals surface area contributed by atoms with Crippen LogP contribution < -0.4 is 4.90 Å². The van der Waals surface area contributed by atoms with Crippen LogP contribution in [-0.2, 0) is 17.9 Å². The number of carbonyl (C=O) groups excluding carboxylic acids is 1. The molecule has 0 atom stereocenters. The summed E-state index contributed by atoms with van der Waals surface area (Å²) < 4.78 is 2.14. The van der Waals surface area contributed by atoms with Crippen LogP contribution in [0.3, 0.4) is 0 Å². The fourth-order valence-electron chi connectivity index (χ4n) is 4.40. The minimum atomic E-state index is 0.261. The first-order valence-corrected chi connectivity index (χ1v) is 9.47. The Morgan fingerprint density at radius 2 is 1.96 bits per heavy atom. The van der Waals surface area contributed by atoms with Crippen molar-refractivity contribution in [1.82, 2.24) is 19.3 Å². The molecular formula is C21H23N5O. The van der Waals surface area contributed by atoms with Crippen molar-refractivity contribution in [3.63, 3.8) is 0 Å². The van der Waals surface area contributed by atoms with Crippen molar-refractivity contribution in [2.45, 2.75) is 33.4 Å². The summed E-state index contributed by atoms with van der Waals surface area (Å²) in [7, 11) is 0. The molecule has 6 nitrogen and oxygen atoms in total. The molecule has 1 amide bonds. The highest BCUT2D eigenvalue weighted by molar-refractivity contribution is 5.79. The Morgan fingerprint density at radius 1 is 1.15 bits per heavy atom. The fourth-order valence-corrected chi connectivity index (χ4v) is 4.40. The third-order valence-electron chi connectivity index (χ3n) is 6.15. The molecule has 5 heterocycles. The predicted molar refractivity (Wildman–Crippen MR) is 103 cm³/mol. The number of amides is 1. The van der Waals surface area contributed by atoms with Crippen LogP contribution in [0, 0.1) is 19.8 Å². The van der Waals surface area contributed by atoms with Crippen molar-refractivity contribution in [2.24, 2.45) is 5.92 Å². The van der Waals surface area contributed by atoms with Crippen molar-refractivity contribution < 1.29 is 4.79 Å². The van der Waals surface area contributed by atoms with Crippen molar-refractivity contribution in [1.29, 1.82) is 0 Å². The molecule has 2 aliphatic rings. The van der Waals surface area contributed by atoms with Crippen molar-refractivity contribution in [3.05, 3.63) is 59.4 Å². The summed E-state index contributed by atoms with van der Waals surface area (Å²) in [6, 6.07) is 4.03. The lowest BCUT2D eigenvalue weighted by Crippen LogP contribution is -2.48. The normalized spacial score (nSPS) is 16.7. The van der Waals surface area contributed by atoms with E-state index in [1.54, 1.807) is 6.20 Å². The second-order valence-corrected chi connectivity index (χ2v) is 7.75. The molecule has 2 aliphatic heterocycles. The van der Waals surface area contributed by atoms with E-state index < -0.39 is 0 Å². The van der Waals surface area contributed by atoms with Gasteiger partial charge in [-0.05, 0) is 37.1 Å². The minimum Gasteiger partial charge on any atom is -0.370 e. The van der Waals surface area contributed by atoms with Gasteiger partial charge in [-0.3, -0.25) is 9.78 Å². The average Bonchev–Trinajstić information content (AvgIpc) is 3.30. The Balaban J connectivity index is 1.27. The largest absolute Gasteiger partial charge is 0.370 e. The van der Waals surface area contributed by atoms with Gasteiger partial charge in [0.2, 0.25) is 5.91 Å². The maximum atomic E-state index is 12.9. The molecule has 0 aliphatic carbocycles. The van der Waals surface area contributed by atoms with Crippen molar-refractivity contribution in [3.8, 4) is 0 Å². The Morgan fingerprint density at radius 3 is 2.74 bits per heavy atom. The lowest BCUT2D eigenvalue weighted by atomic mass is 9.95. The third-order valence-corrected chi connectivity index (χ3v) is 6.15. The molecule has 6 heteroatoms. The van der Waals surface area contributed by atoms with Crippen LogP contribution in [-0.4, -0.2) is 38.3 Å². The Hall–Kier alpha value is -2.89. The van der Waals surface area contributed by atoms with Gasteiger partial charge in [0.15, 0.2) is 0 Å². The lowest BCUT2D eigenvalue weighted by molar-refractivity contribution is -0.133. The summed E-state index contributed by atoms with van der Waals surface area (Å²) in [5, 5.41) is 0. The number of aryl methyl sites for hydroxylation is 1.